The molecule has 15 heteroatoms. The number of carboxylic acid groups (broad SMARTS) is 1. The summed E-state index contributed by atoms with van der Waals surface area (Å²) in [7, 11) is 0. The zero-order valence-corrected chi connectivity index (χ0v) is 35.0. The zero-order chi connectivity index (χ0) is 41.0. The number of ether oxygens (including phenoxy) is 1. The van der Waals surface area contributed by atoms with E-state index in [0.717, 1.165) is 82.8 Å². The minimum Gasteiger partial charge on any atom is -0.476 e. The number of aromatic nitrogens is 6. The molecule has 4 saturated carbocycles. The number of thiazole rings is 1. The Kier molecular flexibility index (Phi) is 9.00. The number of rotatable bonds is 15. The van der Waals surface area contributed by atoms with Gasteiger partial charge in [0.2, 0.25) is 0 Å². The van der Waals surface area contributed by atoms with Crippen LogP contribution in [0.1, 0.15) is 86.1 Å². The molecule has 5 N–H and O–H groups in total. The highest BCUT2D eigenvalue weighted by molar-refractivity contribution is 7.22. The number of fused-ring (bicyclic) bond motifs is 3. The molecule has 14 nitrogen and oxygen atoms in total. The van der Waals surface area contributed by atoms with E-state index in [1.807, 2.05) is 55.3 Å². The molecule has 5 aliphatic rings. The van der Waals surface area contributed by atoms with Crippen LogP contribution < -0.4 is 15.5 Å². The monoisotopic (exact) mass is 819 g/mol. The summed E-state index contributed by atoms with van der Waals surface area (Å²) >= 11 is 1.57. The smallest absolute Gasteiger partial charge is 0.355 e. The van der Waals surface area contributed by atoms with Crippen LogP contribution in [0.2, 0.25) is 0 Å². The molecule has 2 bridgehead atoms. The van der Waals surface area contributed by atoms with Crippen LogP contribution in [0.3, 0.4) is 0 Å². The van der Waals surface area contributed by atoms with E-state index >= 15 is 0 Å². The summed E-state index contributed by atoms with van der Waals surface area (Å²) in [5.74, 6) is 0.789. The van der Waals surface area contributed by atoms with Crippen LogP contribution in [-0.4, -0.2) is 95.8 Å². The van der Waals surface area contributed by atoms with Crippen molar-refractivity contribution in [1.29, 1.82) is 0 Å². The van der Waals surface area contributed by atoms with E-state index in [-0.39, 0.29) is 34.1 Å². The van der Waals surface area contributed by atoms with Gasteiger partial charge in [-0.3, -0.25) is 4.68 Å². The lowest BCUT2D eigenvalue weighted by molar-refractivity contribution is -0.387. The second kappa shape index (κ2) is 13.7. The lowest BCUT2D eigenvalue weighted by atomic mass is 9.24. The minimum atomic E-state index is -1.09. The van der Waals surface area contributed by atoms with Crippen LogP contribution in [0.5, 0.6) is 0 Å². The second-order valence-corrected chi connectivity index (χ2v) is 19.7. The average Bonchev–Trinajstić information content (AvgIpc) is 3.93. The molecule has 4 fully saturated rings. The number of hydrogen-bond acceptors (Lipinski definition) is 13. The standard InChI is InChI=1S/C44H53N9O5S/c1-26-29-8-7-16-52(37(29)51-50-36(26)49-39-47-32-9-5-6-10-33(32)59-39)34-12-11-30(35(48-34)38(56)57)31-18-46-53(27(31)2)25-42-21-40(3)20-41(4)22-43(23-42,44(40,41)24-42)58-17-15-45-14-13-28(55)19-54/h5-6,9-12,18,28,45,54-55H,7-8,13-17,19-25H2,1-4H3,(H,56,57)(H,47,49,50). The third-order valence-electron chi connectivity index (χ3n) is 15.0. The fourth-order valence-corrected chi connectivity index (χ4v) is 14.1. The van der Waals surface area contributed by atoms with Gasteiger partial charge >= 0.3 is 5.97 Å². The Morgan fingerprint density at radius 1 is 1.00 bits per heavy atom. The van der Waals surface area contributed by atoms with Gasteiger partial charge in [0.15, 0.2) is 22.5 Å². The highest BCUT2D eigenvalue weighted by Gasteiger charge is 2.93. The molecule has 1 aromatic carbocycles. The Morgan fingerprint density at radius 3 is 2.63 bits per heavy atom. The van der Waals surface area contributed by atoms with Gasteiger partial charge in [-0.05, 0) is 112 Å². The van der Waals surface area contributed by atoms with Crippen LogP contribution in [0.15, 0.2) is 42.6 Å². The van der Waals surface area contributed by atoms with Crippen LogP contribution >= 0.6 is 11.3 Å². The summed E-state index contributed by atoms with van der Waals surface area (Å²) in [5, 5.41) is 51.1. The van der Waals surface area contributed by atoms with Gasteiger partial charge < -0.3 is 35.6 Å². The maximum absolute atomic E-state index is 12.9. The van der Waals surface area contributed by atoms with E-state index in [2.05, 4.69) is 45.4 Å². The van der Waals surface area contributed by atoms with Crippen LogP contribution in [0, 0.1) is 35.5 Å². The lowest BCUT2D eigenvalue weighted by Gasteiger charge is -2.82. The van der Waals surface area contributed by atoms with Crippen molar-refractivity contribution in [2.24, 2.45) is 21.7 Å². The Morgan fingerprint density at radius 2 is 1.83 bits per heavy atom. The van der Waals surface area contributed by atoms with Crippen molar-refractivity contribution in [3.05, 3.63) is 65.1 Å². The van der Waals surface area contributed by atoms with E-state index in [1.54, 1.807) is 11.3 Å². The molecule has 1 spiro atoms. The number of hydrogen-bond donors (Lipinski definition) is 5. The van der Waals surface area contributed by atoms with Crippen molar-refractivity contribution in [1.82, 2.24) is 35.3 Å². The molecular formula is C44H53N9O5S. The third-order valence-corrected chi connectivity index (χ3v) is 16.0. The van der Waals surface area contributed by atoms with Gasteiger partial charge in [0, 0.05) is 53.0 Å². The first kappa shape index (κ1) is 38.6. The van der Waals surface area contributed by atoms with E-state index in [0.29, 0.717) is 61.1 Å². The molecule has 0 amide bonds. The lowest BCUT2D eigenvalue weighted by Crippen LogP contribution is -2.81. The Hall–Kier alpha value is -4.54. The first-order chi connectivity index (χ1) is 28.3. The highest BCUT2D eigenvalue weighted by Crippen LogP contribution is 2.95. The number of aromatic carboxylic acids is 1. The number of benzene rings is 1. The first-order valence-electron chi connectivity index (χ1n) is 21.0. The molecule has 6 unspecified atom stereocenters. The maximum atomic E-state index is 12.9. The van der Waals surface area contributed by atoms with Gasteiger partial charge in [0.05, 0.1) is 41.3 Å². The quantitative estimate of drug-likeness (QED) is 0.0716. The molecular weight excluding hydrogens is 767 g/mol. The van der Waals surface area contributed by atoms with Gasteiger partial charge in [-0.15, -0.1) is 10.2 Å². The summed E-state index contributed by atoms with van der Waals surface area (Å²) < 4.78 is 10.1. The van der Waals surface area contributed by atoms with E-state index in [4.69, 9.17) is 24.9 Å². The van der Waals surface area contributed by atoms with Gasteiger partial charge in [0.25, 0.3) is 0 Å². The predicted octanol–water partition coefficient (Wildman–Crippen LogP) is 6.57. The van der Waals surface area contributed by atoms with E-state index < -0.39 is 12.1 Å². The van der Waals surface area contributed by atoms with Crippen LogP contribution in [0.25, 0.3) is 21.3 Å². The summed E-state index contributed by atoms with van der Waals surface area (Å²) in [6, 6.07) is 11.8. The maximum Gasteiger partial charge on any atom is 0.355 e. The number of nitrogens with one attached hydrogen (secondary N) is 2. The molecule has 0 radical (unpaired) electrons. The van der Waals surface area contributed by atoms with Crippen molar-refractivity contribution >= 4 is 50.1 Å². The number of nitrogens with zero attached hydrogens (tertiary/aromatic N) is 7. The number of para-hydroxylation sites is 1. The van der Waals surface area contributed by atoms with Gasteiger partial charge in [-0.25, -0.2) is 14.8 Å². The van der Waals surface area contributed by atoms with Crippen molar-refractivity contribution in [3.63, 3.8) is 0 Å². The second-order valence-electron chi connectivity index (χ2n) is 18.6. The Balaban J connectivity index is 0.879. The fourth-order valence-electron chi connectivity index (χ4n) is 13.3. The summed E-state index contributed by atoms with van der Waals surface area (Å²) in [6.45, 7) is 12.2. The van der Waals surface area contributed by atoms with Crippen molar-refractivity contribution in [2.75, 3.05) is 43.1 Å². The molecule has 0 saturated heterocycles. The normalized spacial score (nSPS) is 29.2. The molecule has 4 aliphatic carbocycles. The molecule has 310 valence electrons. The van der Waals surface area contributed by atoms with Gasteiger partial charge in [0.1, 0.15) is 5.82 Å². The molecule has 59 heavy (non-hydrogen) atoms. The van der Waals surface area contributed by atoms with Crippen molar-refractivity contribution in [3.8, 4) is 11.1 Å². The number of anilines is 4. The third kappa shape index (κ3) is 5.71. The largest absolute Gasteiger partial charge is 0.476 e. The number of aliphatic hydroxyl groups is 2. The van der Waals surface area contributed by atoms with E-state index in [9.17, 15) is 15.0 Å². The fraction of sp³-hybridized carbons (Fsp3) is 0.545. The van der Waals surface area contributed by atoms with Crippen molar-refractivity contribution in [2.45, 2.75) is 97.3 Å². The SMILES string of the molecule is Cc1c(Nc2nc3ccccc3s2)nnc2c1CCCN2c1ccc(-c2cnn(CC34CC5(C)CC6(C)CC(OCCNCCC(O)CO)(C3)C56C4)c2C)c(C(=O)O)n1. The summed E-state index contributed by atoms with van der Waals surface area (Å²) in [6.07, 6.45) is 8.88. The van der Waals surface area contributed by atoms with Gasteiger partial charge in [-0.1, -0.05) is 37.3 Å². The molecule has 1 aliphatic heterocycles. The van der Waals surface area contributed by atoms with E-state index in [1.165, 1.54) is 6.42 Å². The number of carbonyl (C=O) groups is 1. The number of pyridine rings is 1. The Labute approximate surface area is 347 Å². The first-order valence-corrected chi connectivity index (χ1v) is 21.8. The van der Waals surface area contributed by atoms with Crippen LogP contribution in [-0.2, 0) is 17.7 Å². The molecule has 6 atom stereocenters. The van der Waals surface area contributed by atoms with Gasteiger partial charge in [-0.2, -0.15) is 5.10 Å². The summed E-state index contributed by atoms with van der Waals surface area (Å²) in [5.41, 5.74) is 5.79. The molecule has 10 rings (SSSR count). The molecule has 5 heterocycles. The average molecular weight is 820 g/mol. The molecule has 4 aromatic heterocycles. The topological polar surface area (TPSA) is 184 Å². The highest BCUT2D eigenvalue weighted by atomic mass is 32.1. The Bertz CT molecular complexity index is 2460. The summed E-state index contributed by atoms with van der Waals surface area (Å²) in [4.78, 5) is 24.4. The minimum absolute atomic E-state index is 0.0129. The predicted molar refractivity (Wildman–Crippen MR) is 226 cm³/mol. The van der Waals surface area contributed by atoms with Crippen molar-refractivity contribution < 1.29 is 24.9 Å². The number of aliphatic hydroxyl groups excluding tert-OH is 2. The zero-order valence-electron chi connectivity index (χ0n) is 34.2. The molecule has 5 aromatic rings. The number of carboxylic acids is 1. The van der Waals surface area contributed by atoms with Crippen LogP contribution in [0.4, 0.5) is 22.6 Å².